The van der Waals surface area contributed by atoms with E-state index in [9.17, 15) is 0 Å². The molecule has 1 fully saturated rings. The Morgan fingerprint density at radius 1 is 1.59 bits per heavy atom. The predicted octanol–water partition coefficient (Wildman–Crippen LogP) is 1.02. The van der Waals surface area contributed by atoms with Crippen molar-refractivity contribution in [1.29, 1.82) is 0 Å². The van der Waals surface area contributed by atoms with Crippen LogP contribution in [0.4, 0.5) is 0 Å². The molecular formula is C14H26IN5O2. The van der Waals surface area contributed by atoms with Crippen LogP contribution in [0.1, 0.15) is 12.6 Å². The highest BCUT2D eigenvalue weighted by molar-refractivity contribution is 14.0. The number of aromatic nitrogens is 1. The molecule has 1 aliphatic heterocycles. The summed E-state index contributed by atoms with van der Waals surface area (Å²) >= 11 is 0. The van der Waals surface area contributed by atoms with Crippen molar-refractivity contribution < 1.29 is 9.26 Å². The average Bonchev–Trinajstić information content (AvgIpc) is 2.96. The number of nitrogens with zero attached hydrogens (tertiary/aromatic N) is 4. The van der Waals surface area contributed by atoms with Crippen molar-refractivity contribution in [2.45, 2.75) is 19.6 Å². The van der Waals surface area contributed by atoms with Crippen LogP contribution in [0.3, 0.4) is 0 Å². The summed E-state index contributed by atoms with van der Waals surface area (Å²) in [4.78, 5) is 8.98. The van der Waals surface area contributed by atoms with Gasteiger partial charge < -0.3 is 24.4 Å². The summed E-state index contributed by atoms with van der Waals surface area (Å²) in [5.41, 5.74) is 0.886. The van der Waals surface area contributed by atoms with Gasteiger partial charge in [-0.05, 0) is 14.0 Å². The predicted molar refractivity (Wildman–Crippen MR) is 96.6 cm³/mol. The molecule has 0 radical (unpaired) electrons. The van der Waals surface area contributed by atoms with Crippen LogP contribution < -0.4 is 5.32 Å². The topological polar surface area (TPSA) is 66.1 Å². The maximum Gasteiger partial charge on any atom is 0.194 e. The lowest BCUT2D eigenvalue weighted by Gasteiger charge is -2.29. The molecule has 0 amide bonds. The van der Waals surface area contributed by atoms with Gasteiger partial charge in [-0.25, -0.2) is 0 Å². The molecule has 0 aromatic carbocycles. The molecule has 1 aliphatic rings. The molecule has 0 bridgehead atoms. The van der Waals surface area contributed by atoms with Crippen molar-refractivity contribution in [3.05, 3.63) is 18.0 Å². The maximum atomic E-state index is 5.74. The molecule has 0 spiro atoms. The number of hydrogen-bond donors (Lipinski definition) is 1. The molecule has 2 rings (SSSR count). The Kier molecular flexibility index (Phi) is 8.72. The fourth-order valence-electron chi connectivity index (χ4n) is 2.27. The minimum absolute atomic E-state index is 0. The molecule has 0 aliphatic carbocycles. The monoisotopic (exact) mass is 423 g/mol. The molecule has 1 aromatic rings. The van der Waals surface area contributed by atoms with Crippen LogP contribution >= 0.6 is 24.0 Å². The second kappa shape index (κ2) is 10.0. The van der Waals surface area contributed by atoms with Crippen molar-refractivity contribution in [2.24, 2.45) is 4.99 Å². The second-order valence-corrected chi connectivity index (χ2v) is 5.30. The Morgan fingerprint density at radius 3 is 3.05 bits per heavy atom. The Balaban J connectivity index is 0.00000242. The molecule has 0 saturated carbocycles. The molecule has 1 unspecified atom stereocenters. The Morgan fingerprint density at radius 2 is 2.41 bits per heavy atom. The van der Waals surface area contributed by atoms with E-state index in [4.69, 9.17) is 9.26 Å². The van der Waals surface area contributed by atoms with E-state index in [1.165, 1.54) is 0 Å². The molecule has 22 heavy (non-hydrogen) atoms. The van der Waals surface area contributed by atoms with Crippen molar-refractivity contribution in [1.82, 2.24) is 20.3 Å². The highest BCUT2D eigenvalue weighted by Crippen LogP contribution is 2.05. The lowest BCUT2D eigenvalue weighted by Crippen LogP contribution is -2.43. The number of likely N-dealkylation sites (N-methyl/N-ethyl adjacent to an activating group) is 1. The van der Waals surface area contributed by atoms with Gasteiger partial charge in [-0.1, -0.05) is 5.16 Å². The highest BCUT2D eigenvalue weighted by atomic mass is 127. The van der Waals surface area contributed by atoms with Crippen LogP contribution in [0.15, 0.2) is 21.8 Å². The van der Waals surface area contributed by atoms with E-state index in [2.05, 4.69) is 34.3 Å². The smallest absolute Gasteiger partial charge is 0.194 e. The van der Waals surface area contributed by atoms with E-state index >= 15 is 0 Å². The van der Waals surface area contributed by atoms with E-state index in [1.807, 2.05) is 18.0 Å². The van der Waals surface area contributed by atoms with Gasteiger partial charge in [0.15, 0.2) is 5.96 Å². The maximum absolute atomic E-state index is 5.74. The summed E-state index contributed by atoms with van der Waals surface area (Å²) in [5, 5.41) is 7.22. The summed E-state index contributed by atoms with van der Waals surface area (Å²) in [7, 11) is 4.10. The normalized spacial score (nSPS) is 19.6. The van der Waals surface area contributed by atoms with Gasteiger partial charge in [0.25, 0.3) is 0 Å². The highest BCUT2D eigenvalue weighted by Gasteiger charge is 2.18. The molecule has 2 heterocycles. The third-order valence-electron chi connectivity index (χ3n) is 3.37. The largest absolute Gasteiger partial charge is 0.374 e. The van der Waals surface area contributed by atoms with Crippen LogP contribution in [0.2, 0.25) is 0 Å². The molecule has 1 saturated heterocycles. The van der Waals surface area contributed by atoms with Crippen molar-refractivity contribution in [3.8, 4) is 0 Å². The number of guanidine groups is 1. The van der Waals surface area contributed by atoms with Gasteiger partial charge in [-0.15, -0.1) is 24.0 Å². The van der Waals surface area contributed by atoms with Crippen molar-refractivity contribution in [2.75, 3.05) is 46.9 Å². The van der Waals surface area contributed by atoms with Gasteiger partial charge in [0.2, 0.25) is 0 Å². The number of morpholine rings is 1. The standard InChI is InChI=1S/C14H25N5O2.HI/c1-4-15-14(19(3)10-12-5-7-21-17-12)16-9-13-11-18(2)6-8-20-13;/h5,7,13H,4,6,8-11H2,1-3H3,(H,15,16);1H. The first-order chi connectivity index (χ1) is 10.2. The van der Waals surface area contributed by atoms with Gasteiger partial charge in [-0.3, -0.25) is 4.99 Å². The number of nitrogens with one attached hydrogen (secondary N) is 1. The van der Waals surface area contributed by atoms with Gasteiger partial charge in [0, 0.05) is 32.7 Å². The summed E-state index contributed by atoms with van der Waals surface area (Å²) in [6.07, 6.45) is 1.75. The first-order valence-electron chi connectivity index (χ1n) is 7.38. The molecule has 1 N–H and O–H groups in total. The fourth-order valence-corrected chi connectivity index (χ4v) is 2.27. The molecular weight excluding hydrogens is 397 g/mol. The third kappa shape index (κ3) is 6.09. The number of rotatable bonds is 5. The van der Waals surface area contributed by atoms with Crippen molar-refractivity contribution in [3.63, 3.8) is 0 Å². The molecule has 1 aromatic heterocycles. The van der Waals surface area contributed by atoms with Crippen LogP contribution in [-0.4, -0.2) is 73.9 Å². The minimum atomic E-state index is 0. The van der Waals surface area contributed by atoms with Crippen LogP contribution in [0, 0.1) is 0 Å². The zero-order valence-corrected chi connectivity index (χ0v) is 15.8. The fraction of sp³-hybridized carbons (Fsp3) is 0.714. The van der Waals surface area contributed by atoms with Crippen LogP contribution in [0.5, 0.6) is 0 Å². The number of hydrogen-bond acceptors (Lipinski definition) is 5. The van der Waals surface area contributed by atoms with E-state index in [-0.39, 0.29) is 30.1 Å². The van der Waals surface area contributed by atoms with E-state index < -0.39 is 0 Å². The summed E-state index contributed by atoms with van der Waals surface area (Å²) < 4.78 is 10.6. The number of halogens is 1. The van der Waals surface area contributed by atoms with E-state index in [0.29, 0.717) is 13.1 Å². The van der Waals surface area contributed by atoms with E-state index in [1.54, 1.807) is 6.26 Å². The van der Waals surface area contributed by atoms with Gasteiger partial charge >= 0.3 is 0 Å². The number of aliphatic imine (C=N–C) groups is 1. The number of ether oxygens (including phenoxy) is 1. The van der Waals surface area contributed by atoms with E-state index in [0.717, 1.165) is 37.9 Å². The average molecular weight is 423 g/mol. The summed E-state index contributed by atoms with van der Waals surface area (Å²) in [5.74, 6) is 0.859. The molecule has 8 heteroatoms. The summed E-state index contributed by atoms with van der Waals surface area (Å²) in [6.45, 7) is 6.91. The third-order valence-corrected chi connectivity index (χ3v) is 3.37. The van der Waals surface area contributed by atoms with Crippen molar-refractivity contribution >= 4 is 29.9 Å². The molecule has 7 nitrogen and oxygen atoms in total. The minimum Gasteiger partial charge on any atom is -0.374 e. The summed E-state index contributed by atoms with van der Waals surface area (Å²) in [6, 6.07) is 1.86. The molecule has 1 atom stereocenters. The van der Waals surface area contributed by atoms with Crippen LogP contribution in [0.25, 0.3) is 0 Å². The Bertz CT molecular complexity index is 440. The lowest BCUT2D eigenvalue weighted by molar-refractivity contribution is -0.0137. The SMILES string of the molecule is CCNC(=NCC1CN(C)CCO1)N(C)Cc1ccon1.I. The Labute approximate surface area is 149 Å². The first kappa shape index (κ1) is 19.2. The Hall–Kier alpha value is -0.870. The quantitative estimate of drug-likeness (QED) is 0.434. The second-order valence-electron chi connectivity index (χ2n) is 5.30. The van der Waals surface area contributed by atoms with Crippen LogP contribution in [-0.2, 0) is 11.3 Å². The zero-order valence-electron chi connectivity index (χ0n) is 13.5. The van der Waals surface area contributed by atoms with Gasteiger partial charge in [0.05, 0.1) is 25.8 Å². The molecule has 126 valence electrons. The van der Waals surface area contributed by atoms with Gasteiger partial charge in [0.1, 0.15) is 12.0 Å². The lowest BCUT2D eigenvalue weighted by atomic mass is 10.3. The van der Waals surface area contributed by atoms with Gasteiger partial charge in [-0.2, -0.15) is 0 Å². The zero-order chi connectivity index (χ0) is 15.1. The first-order valence-corrected chi connectivity index (χ1v) is 7.38.